The molecule has 3 aromatic rings. The number of hydrogen-bond donors (Lipinski definition) is 1. The summed E-state index contributed by atoms with van der Waals surface area (Å²) in [7, 11) is 1.69. The van der Waals surface area contributed by atoms with Gasteiger partial charge in [-0.05, 0) is 38.1 Å². The highest BCUT2D eigenvalue weighted by Crippen LogP contribution is 2.28. The zero-order valence-electron chi connectivity index (χ0n) is 18.0. The topological polar surface area (TPSA) is 63.6 Å². The van der Waals surface area contributed by atoms with Gasteiger partial charge in [0.2, 0.25) is 0 Å². The number of ether oxygens (including phenoxy) is 1. The van der Waals surface area contributed by atoms with Crippen LogP contribution in [0.3, 0.4) is 0 Å². The van der Waals surface area contributed by atoms with E-state index in [0.717, 1.165) is 11.6 Å². The molecule has 1 N–H and O–H groups in total. The molecule has 3 rings (SSSR count). The number of aliphatic imine (C=N–C) groups is 1. The molecule has 0 fully saturated rings. The second-order valence-electron chi connectivity index (χ2n) is 6.93. The highest BCUT2D eigenvalue weighted by molar-refractivity contribution is 6.08. The number of nitrogens with one attached hydrogen (secondary N) is 1. The molecule has 0 aliphatic rings. The third kappa shape index (κ3) is 5.24. The van der Waals surface area contributed by atoms with E-state index >= 15 is 0 Å². The summed E-state index contributed by atoms with van der Waals surface area (Å²) in [4.78, 5) is 21.1. The van der Waals surface area contributed by atoms with E-state index in [-0.39, 0.29) is 12.1 Å². The van der Waals surface area contributed by atoms with Gasteiger partial charge in [0.15, 0.2) is 11.6 Å². The Morgan fingerprint density at radius 3 is 2.72 bits per heavy atom. The van der Waals surface area contributed by atoms with Crippen molar-refractivity contribution in [3.05, 3.63) is 94.8 Å². The lowest BCUT2D eigenvalue weighted by atomic mass is 10.1. The molecule has 0 radical (unpaired) electrons. The lowest BCUT2D eigenvalue weighted by Gasteiger charge is -2.13. The van der Waals surface area contributed by atoms with Gasteiger partial charge in [-0.25, -0.2) is 8.78 Å². The van der Waals surface area contributed by atoms with E-state index in [1.54, 1.807) is 56.7 Å². The number of halogens is 2. The fraction of sp³-hybridized carbons (Fsp3) is 0.160. The van der Waals surface area contributed by atoms with Crippen molar-refractivity contribution in [1.82, 2.24) is 10.3 Å². The van der Waals surface area contributed by atoms with Gasteiger partial charge in [-0.1, -0.05) is 24.3 Å². The van der Waals surface area contributed by atoms with Gasteiger partial charge in [-0.15, -0.1) is 0 Å². The van der Waals surface area contributed by atoms with Crippen LogP contribution in [0.2, 0.25) is 0 Å². The standard InChI is InChI=1S/C25H23F2N3O2/c1-4-17(14-28-3)22-13-19(11-12-29-22)32-23-10-6-8-20(16(23)2)25(31)30-15-18-7-5-9-21(26)24(18)27/h4-14H,15H2,1-3H3,(H,30,31)/b17-4+,28-14?. The van der Waals surface area contributed by atoms with Gasteiger partial charge in [-0.3, -0.25) is 14.8 Å². The first-order valence-corrected chi connectivity index (χ1v) is 9.98. The normalized spacial score (nSPS) is 11.6. The molecule has 0 atom stereocenters. The van der Waals surface area contributed by atoms with Crippen molar-refractivity contribution in [1.29, 1.82) is 0 Å². The Labute approximate surface area is 185 Å². The summed E-state index contributed by atoms with van der Waals surface area (Å²) in [6, 6.07) is 12.5. The first-order chi connectivity index (χ1) is 15.4. The van der Waals surface area contributed by atoms with Crippen LogP contribution in [0.4, 0.5) is 8.78 Å². The first kappa shape index (κ1) is 22.8. The summed E-state index contributed by atoms with van der Waals surface area (Å²) in [5, 5.41) is 2.63. The summed E-state index contributed by atoms with van der Waals surface area (Å²) < 4.78 is 33.2. The molecule has 5 nitrogen and oxygen atoms in total. The van der Waals surface area contributed by atoms with Crippen molar-refractivity contribution in [2.75, 3.05) is 7.05 Å². The van der Waals surface area contributed by atoms with E-state index in [2.05, 4.69) is 15.3 Å². The van der Waals surface area contributed by atoms with E-state index in [9.17, 15) is 13.6 Å². The van der Waals surface area contributed by atoms with Crippen LogP contribution in [-0.4, -0.2) is 24.2 Å². The van der Waals surface area contributed by atoms with E-state index in [4.69, 9.17) is 4.74 Å². The van der Waals surface area contributed by atoms with E-state index < -0.39 is 17.5 Å². The molecule has 1 aromatic heterocycles. The summed E-state index contributed by atoms with van der Waals surface area (Å²) in [6.45, 7) is 3.52. The predicted molar refractivity (Wildman–Crippen MR) is 121 cm³/mol. The van der Waals surface area contributed by atoms with Crippen LogP contribution in [0.1, 0.15) is 34.1 Å². The SMILES string of the molecule is C/C=C(\C=NC)c1cc(Oc2cccc(C(=O)NCc3cccc(F)c3F)c2C)ccn1. The minimum absolute atomic E-state index is 0.0723. The number of amides is 1. The molecule has 164 valence electrons. The van der Waals surface area contributed by atoms with Gasteiger partial charge in [-0.2, -0.15) is 0 Å². The molecule has 1 amide bonds. The molecule has 0 spiro atoms. The van der Waals surface area contributed by atoms with Crippen molar-refractivity contribution in [3.8, 4) is 11.5 Å². The molecule has 0 aliphatic heterocycles. The van der Waals surface area contributed by atoms with Crippen LogP contribution >= 0.6 is 0 Å². The second kappa shape index (κ2) is 10.4. The van der Waals surface area contributed by atoms with Gasteiger partial charge in [0, 0.05) is 54.3 Å². The number of allylic oxidation sites excluding steroid dienone is 2. The van der Waals surface area contributed by atoms with Crippen LogP contribution in [0.15, 0.2) is 65.8 Å². The molecule has 0 unspecified atom stereocenters. The van der Waals surface area contributed by atoms with Crippen LogP contribution < -0.4 is 10.1 Å². The summed E-state index contributed by atoms with van der Waals surface area (Å²) in [5.41, 5.74) is 2.63. The molecular weight excluding hydrogens is 412 g/mol. The van der Waals surface area contributed by atoms with Crippen molar-refractivity contribution in [2.45, 2.75) is 20.4 Å². The van der Waals surface area contributed by atoms with E-state index in [0.29, 0.717) is 28.3 Å². The van der Waals surface area contributed by atoms with Gasteiger partial charge in [0.05, 0.1) is 5.69 Å². The molecule has 2 aromatic carbocycles. The summed E-state index contributed by atoms with van der Waals surface area (Å²) in [5.74, 6) is -1.28. The van der Waals surface area contributed by atoms with Gasteiger partial charge >= 0.3 is 0 Å². The molecule has 7 heteroatoms. The van der Waals surface area contributed by atoms with Crippen molar-refractivity contribution in [2.24, 2.45) is 4.99 Å². The summed E-state index contributed by atoms with van der Waals surface area (Å²) in [6.07, 6.45) is 5.25. The molecule has 0 saturated heterocycles. The average Bonchev–Trinajstić information content (AvgIpc) is 2.80. The second-order valence-corrected chi connectivity index (χ2v) is 6.93. The quantitative estimate of drug-likeness (QED) is 0.499. The lowest BCUT2D eigenvalue weighted by Crippen LogP contribution is -2.24. The first-order valence-electron chi connectivity index (χ1n) is 9.98. The van der Waals surface area contributed by atoms with E-state index in [1.165, 1.54) is 12.1 Å². The third-order valence-electron chi connectivity index (χ3n) is 4.83. The largest absolute Gasteiger partial charge is 0.457 e. The zero-order chi connectivity index (χ0) is 23.1. The van der Waals surface area contributed by atoms with Crippen LogP contribution in [0.5, 0.6) is 11.5 Å². The number of benzene rings is 2. The van der Waals surface area contributed by atoms with Gasteiger partial charge in [0.25, 0.3) is 5.91 Å². The number of rotatable bonds is 7. The zero-order valence-corrected chi connectivity index (χ0v) is 18.0. The average molecular weight is 435 g/mol. The van der Waals surface area contributed by atoms with Gasteiger partial charge < -0.3 is 10.1 Å². The van der Waals surface area contributed by atoms with Crippen molar-refractivity contribution >= 4 is 17.7 Å². The fourth-order valence-corrected chi connectivity index (χ4v) is 3.11. The number of aromatic nitrogens is 1. The van der Waals surface area contributed by atoms with Crippen LogP contribution in [0.25, 0.3) is 5.57 Å². The smallest absolute Gasteiger partial charge is 0.251 e. The Kier molecular flexibility index (Phi) is 7.44. The molecule has 0 aliphatic carbocycles. The minimum Gasteiger partial charge on any atom is -0.457 e. The van der Waals surface area contributed by atoms with E-state index in [1.807, 2.05) is 13.0 Å². The Morgan fingerprint density at radius 2 is 1.97 bits per heavy atom. The highest BCUT2D eigenvalue weighted by atomic mass is 19.2. The number of carbonyl (C=O) groups is 1. The van der Waals surface area contributed by atoms with Crippen LogP contribution in [-0.2, 0) is 6.54 Å². The van der Waals surface area contributed by atoms with Gasteiger partial charge in [0.1, 0.15) is 11.5 Å². The Hall–Kier alpha value is -3.87. The lowest BCUT2D eigenvalue weighted by molar-refractivity contribution is 0.0949. The third-order valence-corrected chi connectivity index (χ3v) is 4.83. The van der Waals surface area contributed by atoms with Crippen molar-refractivity contribution < 1.29 is 18.3 Å². The van der Waals surface area contributed by atoms with Crippen LogP contribution in [0, 0.1) is 18.6 Å². The predicted octanol–water partition coefficient (Wildman–Crippen LogP) is 5.49. The summed E-state index contributed by atoms with van der Waals surface area (Å²) >= 11 is 0. The Morgan fingerprint density at radius 1 is 1.19 bits per heavy atom. The number of pyridine rings is 1. The maximum Gasteiger partial charge on any atom is 0.251 e. The molecule has 0 saturated carbocycles. The Balaban J connectivity index is 1.78. The number of hydrogen-bond acceptors (Lipinski definition) is 4. The molecular formula is C25H23F2N3O2. The number of nitrogens with zero attached hydrogens (tertiary/aromatic N) is 2. The monoisotopic (exact) mass is 435 g/mol. The maximum absolute atomic E-state index is 13.8. The molecule has 1 heterocycles. The number of carbonyl (C=O) groups excluding carboxylic acids is 1. The Bertz CT molecular complexity index is 1190. The molecule has 32 heavy (non-hydrogen) atoms. The maximum atomic E-state index is 13.8. The molecule has 0 bridgehead atoms. The van der Waals surface area contributed by atoms with Crippen molar-refractivity contribution in [3.63, 3.8) is 0 Å². The highest BCUT2D eigenvalue weighted by Gasteiger charge is 2.15. The fourth-order valence-electron chi connectivity index (χ4n) is 3.11. The minimum atomic E-state index is -0.969.